The van der Waals surface area contributed by atoms with Crippen LogP contribution in [-0.4, -0.2) is 69.4 Å². The van der Waals surface area contributed by atoms with Crippen LogP contribution in [0.2, 0.25) is 5.02 Å². The maximum absolute atomic E-state index is 13.2. The number of anilines is 1. The number of hydrogen-bond acceptors (Lipinski definition) is 5. The fourth-order valence-electron chi connectivity index (χ4n) is 5.57. The Bertz CT molecular complexity index is 1390. The highest BCUT2D eigenvalue weighted by atomic mass is 35.5. The molecule has 0 N–H and O–H groups in total. The SMILES string of the molecule is CN(C[C@@H](CCN1CCC(N2C(=O)COc3ccccc32)CC1)c1cccc(Cl)c1)S(=O)(=O)c1ccccc1. The van der Waals surface area contributed by atoms with E-state index in [0.29, 0.717) is 16.5 Å². The van der Waals surface area contributed by atoms with Gasteiger partial charge in [-0.2, -0.15) is 0 Å². The summed E-state index contributed by atoms with van der Waals surface area (Å²) < 4.78 is 33.5. The molecule has 7 nitrogen and oxygen atoms in total. The van der Waals surface area contributed by atoms with Crippen molar-refractivity contribution in [3.63, 3.8) is 0 Å². The van der Waals surface area contributed by atoms with E-state index in [1.807, 2.05) is 59.5 Å². The zero-order valence-corrected chi connectivity index (χ0v) is 23.7. The minimum atomic E-state index is -3.61. The van der Waals surface area contributed by atoms with Crippen molar-refractivity contribution in [1.29, 1.82) is 0 Å². The van der Waals surface area contributed by atoms with Gasteiger partial charge in [0.2, 0.25) is 10.0 Å². The molecule has 39 heavy (non-hydrogen) atoms. The molecule has 2 heterocycles. The van der Waals surface area contributed by atoms with E-state index in [1.165, 1.54) is 4.31 Å². The minimum absolute atomic E-state index is 0.0100. The smallest absolute Gasteiger partial charge is 0.265 e. The van der Waals surface area contributed by atoms with Gasteiger partial charge in [-0.15, -0.1) is 0 Å². The van der Waals surface area contributed by atoms with E-state index in [2.05, 4.69) is 4.90 Å². The Balaban J connectivity index is 1.24. The first-order valence-corrected chi connectivity index (χ1v) is 15.2. The summed E-state index contributed by atoms with van der Waals surface area (Å²) in [4.78, 5) is 17.4. The van der Waals surface area contributed by atoms with Gasteiger partial charge in [0.25, 0.3) is 5.91 Å². The number of likely N-dealkylation sites (tertiary alicyclic amines) is 1. The Hall–Kier alpha value is -2.91. The Morgan fingerprint density at radius 1 is 1.00 bits per heavy atom. The Morgan fingerprint density at radius 2 is 1.72 bits per heavy atom. The number of para-hydroxylation sites is 2. The van der Waals surface area contributed by atoms with Crippen LogP contribution < -0.4 is 9.64 Å². The molecule has 0 spiro atoms. The van der Waals surface area contributed by atoms with Gasteiger partial charge in [0.05, 0.1) is 10.6 Å². The van der Waals surface area contributed by atoms with Crippen molar-refractivity contribution < 1.29 is 17.9 Å². The third kappa shape index (κ3) is 6.30. The van der Waals surface area contributed by atoms with Crippen LogP contribution in [0.4, 0.5) is 5.69 Å². The number of carbonyl (C=O) groups is 1. The highest BCUT2D eigenvalue weighted by molar-refractivity contribution is 7.89. The van der Waals surface area contributed by atoms with Gasteiger partial charge in [0, 0.05) is 37.7 Å². The molecule has 0 unspecified atom stereocenters. The molecular formula is C30H34ClN3O4S. The topological polar surface area (TPSA) is 70.2 Å². The molecule has 0 saturated carbocycles. The summed E-state index contributed by atoms with van der Waals surface area (Å²) in [5.74, 6) is 0.756. The highest BCUT2D eigenvalue weighted by Crippen LogP contribution is 2.35. The number of carbonyl (C=O) groups excluding carboxylic acids is 1. The molecule has 3 aromatic rings. The van der Waals surface area contributed by atoms with E-state index in [0.717, 1.165) is 55.9 Å². The van der Waals surface area contributed by atoms with Crippen LogP contribution in [0.3, 0.4) is 0 Å². The molecule has 1 atom stereocenters. The summed E-state index contributed by atoms with van der Waals surface area (Å²) in [5.41, 5.74) is 1.89. The van der Waals surface area contributed by atoms with Gasteiger partial charge in [-0.3, -0.25) is 4.79 Å². The van der Waals surface area contributed by atoms with Crippen LogP contribution in [0.1, 0.15) is 30.7 Å². The molecule has 1 fully saturated rings. The number of fused-ring (bicyclic) bond motifs is 1. The third-order valence-electron chi connectivity index (χ3n) is 7.71. The first-order valence-electron chi connectivity index (χ1n) is 13.4. The fourth-order valence-corrected chi connectivity index (χ4v) is 7.00. The molecule has 2 aliphatic heterocycles. The second-order valence-corrected chi connectivity index (χ2v) is 12.7. The number of likely N-dealkylation sites (N-methyl/N-ethyl adjacent to an activating group) is 1. The standard InChI is InChI=1S/C30H34ClN3O4S/c1-32(39(36,37)27-10-3-2-4-11-27)21-24(23-8-7-9-25(31)20-23)14-17-33-18-15-26(16-19-33)34-28-12-5-6-13-29(28)38-22-30(34)35/h2-13,20,24,26H,14-19,21-22H2,1H3/t24-/m1/s1. The lowest BCUT2D eigenvalue weighted by Gasteiger charge is -2.41. The van der Waals surface area contributed by atoms with Crippen LogP contribution in [0.15, 0.2) is 83.8 Å². The molecule has 206 valence electrons. The summed E-state index contributed by atoms with van der Waals surface area (Å²) in [5, 5.41) is 0.641. The molecule has 1 amide bonds. The molecule has 2 aliphatic rings. The number of sulfonamides is 1. The Labute approximate surface area is 236 Å². The van der Waals surface area contributed by atoms with Crippen molar-refractivity contribution in [2.24, 2.45) is 0 Å². The Kier molecular flexibility index (Phi) is 8.57. The number of rotatable bonds is 9. The monoisotopic (exact) mass is 567 g/mol. The first kappa shape index (κ1) is 27.6. The van der Waals surface area contributed by atoms with Gasteiger partial charge in [-0.05, 0) is 73.7 Å². The largest absolute Gasteiger partial charge is 0.482 e. The van der Waals surface area contributed by atoms with Gasteiger partial charge in [0.15, 0.2) is 6.61 Å². The number of amides is 1. The van der Waals surface area contributed by atoms with Gasteiger partial charge in [0.1, 0.15) is 5.75 Å². The van der Waals surface area contributed by atoms with E-state index in [9.17, 15) is 13.2 Å². The number of benzene rings is 3. The quantitative estimate of drug-likeness (QED) is 0.363. The van der Waals surface area contributed by atoms with E-state index < -0.39 is 10.0 Å². The molecular weight excluding hydrogens is 534 g/mol. The van der Waals surface area contributed by atoms with Crippen molar-refractivity contribution in [3.8, 4) is 5.75 Å². The molecule has 9 heteroatoms. The molecule has 5 rings (SSSR count). The van der Waals surface area contributed by atoms with Gasteiger partial charge < -0.3 is 14.5 Å². The van der Waals surface area contributed by atoms with Gasteiger partial charge in [-0.25, -0.2) is 12.7 Å². The number of halogens is 1. The normalized spacial score (nSPS) is 17.6. The summed E-state index contributed by atoms with van der Waals surface area (Å²) in [7, 11) is -1.96. The van der Waals surface area contributed by atoms with Crippen molar-refractivity contribution in [3.05, 3.63) is 89.4 Å². The highest BCUT2D eigenvalue weighted by Gasteiger charge is 2.34. The lowest BCUT2D eigenvalue weighted by Crippen LogP contribution is -2.50. The van der Waals surface area contributed by atoms with Crippen LogP contribution in [0.5, 0.6) is 5.75 Å². The zero-order valence-electron chi connectivity index (χ0n) is 22.1. The van der Waals surface area contributed by atoms with E-state index in [-0.39, 0.29) is 24.5 Å². The van der Waals surface area contributed by atoms with Gasteiger partial charge >= 0.3 is 0 Å². The van der Waals surface area contributed by atoms with Crippen molar-refractivity contribution in [2.75, 3.05) is 44.7 Å². The predicted octanol–water partition coefficient (Wildman–Crippen LogP) is 5.02. The first-order chi connectivity index (χ1) is 18.8. The molecule has 1 saturated heterocycles. The summed E-state index contributed by atoms with van der Waals surface area (Å²) in [6.45, 7) is 3.01. The summed E-state index contributed by atoms with van der Waals surface area (Å²) in [6, 6.07) is 24.1. The number of piperidine rings is 1. The van der Waals surface area contributed by atoms with Gasteiger partial charge in [-0.1, -0.05) is 54.1 Å². The summed E-state index contributed by atoms with van der Waals surface area (Å²) in [6.07, 6.45) is 2.55. The fraction of sp³-hybridized carbons (Fsp3) is 0.367. The molecule has 0 bridgehead atoms. The van der Waals surface area contributed by atoms with E-state index in [4.69, 9.17) is 16.3 Å². The Morgan fingerprint density at radius 3 is 2.46 bits per heavy atom. The lowest BCUT2D eigenvalue weighted by molar-refractivity contribution is -0.122. The third-order valence-corrected chi connectivity index (χ3v) is 9.78. The zero-order chi connectivity index (χ0) is 27.4. The van der Waals surface area contributed by atoms with Crippen molar-refractivity contribution in [2.45, 2.75) is 36.1 Å². The number of ether oxygens (including phenoxy) is 1. The lowest BCUT2D eigenvalue weighted by atomic mass is 9.94. The van der Waals surface area contributed by atoms with E-state index in [1.54, 1.807) is 31.3 Å². The molecule has 0 radical (unpaired) electrons. The van der Waals surface area contributed by atoms with Crippen molar-refractivity contribution in [1.82, 2.24) is 9.21 Å². The van der Waals surface area contributed by atoms with Crippen LogP contribution >= 0.6 is 11.6 Å². The summed E-state index contributed by atoms with van der Waals surface area (Å²) >= 11 is 6.31. The van der Waals surface area contributed by atoms with E-state index >= 15 is 0 Å². The second kappa shape index (κ2) is 12.1. The number of hydrogen-bond donors (Lipinski definition) is 0. The number of nitrogens with zero attached hydrogens (tertiary/aromatic N) is 3. The second-order valence-electron chi connectivity index (χ2n) is 10.2. The maximum Gasteiger partial charge on any atom is 0.265 e. The van der Waals surface area contributed by atoms with Crippen molar-refractivity contribution >= 4 is 33.2 Å². The van der Waals surface area contributed by atoms with Crippen LogP contribution in [-0.2, 0) is 14.8 Å². The minimum Gasteiger partial charge on any atom is -0.482 e. The molecule has 3 aromatic carbocycles. The average molecular weight is 568 g/mol. The predicted molar refractivity (Wildman–Crippen MR) is 154 cm³/mol. The average Bonchev–Trinajstić information content (AvgIpc) is 2.96. The molecule has 0 aromatic heterocycles. The molecule has 0 aliphatic carbocycles. The van der Waals surface area contributed by atoms with Crippen LogP contribution in [0.25, 0.3) is 0 Å². The van der Waals surface area contributed by atoms with Crippen LogP contribution in [0, 0.1) is 0 Å². The maximum atomic E-state index is 13.2.